The molecule has 0 fully saturated rings. The summed E-state index contributed by atoms with van der Waals surface area (Å²) in [4.78, 5) is 27.0. The molecule has 1 unspecified atom stereocenters. The van der Waals surface area contributed by atoms with Gasteiger partial charge in [-0.3, -0.25) is 9.59 Å². The van der Waals surface area contributed by atoms with Crippen LogP contribution >= 0.6 is 0 Å². The topological polar surface area (TPSA) is 97.5 Å². The summed E-state index contributed by atoms with van der Waals surface area (Å²) in [5, 5.41) is 6.32. The Morgan fingerprint density at radius 2 is 1.56 bits per heavy atom. The highest BCUT2D eigenvalue weighted by Gasteiger charge is 2.34. The molecule has 1 aliphatic rings. The van der Waals surface area contributed by atoms with Crippen molar-refractivity contribution in [1.29, 1.82) is 0 Å². The number of nitrogens with two attached hydrogens (primary N) is 1. The summed E-state index contributed by atoms with van der Waals surface area (Å²) in [6.07, 6.45) is 0.714. The summed E-state index contributed by atoms with van der Waals surface area (Å²) < 4.78 is 10.5. The Labute approximate surface area is 210 Å². The van der Waals surface area contributed by atoms with Crippen LogP contribution in [0, 0.1) is 0 Å². The number of methoxy groups -OCH3 is 2. The highest BCUT2D eigenvalue weighted by molar-refractivity contribution is 6.03. The maximum absolute atomic E-state index is 13.7. The van der Waals surface area contributed by atoms with E-state index in [0.717, 1.165) is 28.3 Å². The average molecular weight is 487 g/mol. The number of hydrogen-bond acceptors (Lipinski definition) is 6. The van der Waals surface area contributed by atoms with Crippen molar-refractivity contribution in [3.8, 4) is 11.5 Å². The van der Waals surface area contributed by atoms with Crippen LogP contribution in [0.3, 0.4) is 0 Å². The number of primary amides is 1. The second-order valence-corrected chi connectivity index (χ2v) is 8.48. The molecule has 36 heavy (non-hydrogen) atoms. The normalized spacial score (nSPS) is 14.8. The lowest BCUT2D eigenvalue weighted by Crippen LogP contribution is -2.39. The Kier molecular flexibility index (Phi) is 7.85. The minimum atomic E-state index is -0.428. The molecule has 0 aliphatic carbocycles. The van der Waals surface area contributed by atoms with Crippen LogP contribution in [-0.4, -0.2) is 49.8 Å². The van der Waals surface area contributed by atoms with Gasteiger partial charge in [-0.05, 0) is 47.5 Å². The SMILES string of the molecule is COc1ccc(C2CC(c3ccccc3)=NN2C(=O)CN(CCC(N)=O)c2ccc(OC)cc2)cc1. The van der Waals surface area contributed by atoms with E-state index in [1.165, 1.54) is 0 Å². The molecule has 1 heterocycles. The van der Waals surface area contributed by atoms with Gasteiger partial charge in [-0.15, -0.1) is 0 Å². The Hall–Kier alpha value is -4.33. The molecule has 8 heteroatoms. The maximum Gasteiger partial charge on any atom is 0.262 e. The summed E-state index contributed by atoms with van der Waals surface area (Å²) >= 11 is 0. The Morgan fingerprint density at radius 3 is 2.14 bits per heavy atom. The predicted molar refractivity (Wildman–Crippen MR) is 139 cm³/mol. The number of rotatable bonds is 10. The number of benzene rings is 3. The molecule has 3 aromatic rings. The molecule has 0 saturated heterocycles. The van der Waals surface area contributed by atoms with Gasteiger partial charge in [-0.2, -0.15) is 5.10 Å². The smallest absolute Gasteiger partial charge is 0.262 e. The minimum Gasteiger partial charge on any atom is -0.497 e. The summed E-state index contributed by atoms with van der Waals surface area (Å²) in [5.74, 6) is 0.844. The van der Waals surface area contributed by atoms with E-state index in [4.69, 9.17) is 20.3 Å². The number of amides is 2. The number of hydrazone groups is 1. The molecule has 1 atom stereocenters. The van der Waals surface area contributed by atoms with Crippen LogP contribution in [0.4, 0.5) is 5.69 Å². The molecule has 0 radical (unpaired) electrons. The van der Waals surface area contributed by atoms with Crippen molar-refractivity contribution in [2.24, 2.45) is 10.8 Å². The molecule has 1 aliphatic heterocycles. The van der Waals surface area contributed by atoms with E-state index in [1.807, 2.05) is 83.8 Å². The number of carbonyl (C=O) groups excluding carboxylic acids is 2. The molecule has 186 valence electrons. The van der Waals surface area contributed by atoms with E-state index in [1.54, 1.807) is 19.2 Å². The fourth-order valence-electron chi connectivity index (χ4n) is 4.20. The van der Waals surface area contributed by atoms with E-state index >= 15 is 0 Å². The standard InChI is InChI=1S/C28H30N4O4/c1-35-23-12-8-21(9-13-23)26-18-25(20-6-4-3-5-7-20)30-32(26)28(34)19-31(17-16-27(29)33)22-10-14-24(36-2)15-11-22/h3-15,26H,16-19H2,1-2H3,(H2,29,33). The molecular formula is C28H30N4O4. The van der Waals surface area contributed by atoms with Gasteiger partial charge in [-0.25, -0.2) is 5.01 Å². The predicted octanol–water partition coefficient (Wildman–Crippen LogP) is 3.76. The lowest BCUT2D eigenvalue weighted by Gasteiger charge is -2.28. The maximum atomic E-state index is 13.7. The van der Waals surface area contributed by atoms with Gasteiger partial charge >= 0.3 is 0 Å². The van der Waals surface area contributed by atoms with Crippen LogP contribution in [0.5, 0.6) is 11.5 Å². The fourth-order valence-corrected chi connectivity index (χ4v) is 4.20. The highest BCUT2D eigenvalue weighted by atomic mass is 16.5. The van der Waals surface area contributed by atoms with E-state index in [-0.39, 0.29) is 24.9 Å². The Balaban J connectivity index is 1.62. The van der Waals surface area contributed by atoms with Gasteiger partial charge in [0.1, 0.15) is 11.5 Å². The van der Waals surface area contributed by atoms with Crippen LogP contribution in [0.1, 0.15) is 30.0 Å². The largest absolute Gasteiger partial charge is 0.497 e. The van der Waals surface area contributed by atoms with E-state index < -0.39 is 5.91 Å². The number of carbonyl (C=O) groups is 2. The quantitative estimate of drug-likeness (QED) is 0.471. The third-order valence-electron chi connectivity index (χ3n) is 6.17. The third-order valence-corrected chi connectivity index (χ3v) is 6.17. The van der Waals surface area contributed by atoms with Gasteiger partial charge in [-0.1, -0.05) is 42.5 Å². The summed E-state index contributed by atoms with van der Waals surface area (Å²) in [5.41, 5.74) is 8.99. The van der Waals surface area contributed by atoms with E-state index in [0.29, 0.717) is 18.7 Å². The molecule has 3 aromatic carbocycles. The molecule has 2 amide bonds. The van der Waals surface area contributed by atoms with E-state index in [2.05, 4.69) is 0 Å². The molecule has 0 saturated carbocycles. The fraction of sp³-hybridized carbons (Fsp3) is 0.250. The Bertz CT molecular complexity index is 1210. The third kappa shape index (κ3) is 5.83. The first-order valence-electron chi connectivity index (χ1n) is 11.7. The molecule has 0 aromatic heterocycles. The summed E-state index contributed by atoms with van der Waals surface area (Å²) in [6.45, 7) is 0.349. The lowest BCUT2D eigenvalue weighted by atomic mass is 9.98. The lowest BCUT2D eigenvalue weighted by molar-refractivity contribution is -0.131. The van der Waals surface area contributed by atoms with Crippen molar-refractivity contribution >= 4 is 23.2 Å². The summed E-state index contributed by atoms with van der Waals surface area (Å²) in [6, 6.07) is 24.6. The van der Waals surface area contributed by atoms with Crippen molar-refractivity contribution in [3.63, 3.8) is 0 Å². The molecular weight excluding hydrogens is 456 g/mol. The Morgan fingerprint density at radius 1 is 0.944 bits per heavy atom. The van der Waals surface area contributed by atoms with Gasteiger partial charge in [0.15, 0.2) is 0 Å². The highest BCUT2D eigenvalue weighted by Crippen LogP contribution is 2.34. The van der Waals surface area contributed by atoms with Gasteiger partial charge in [0, 0.05) is 25.1 Å². The molecule has 2 N–H and O–H groups in total. The molecule has 0 bridgehead atoms. The number of anilines is 1. The van der Waals surface area contributed by atoms with Gasteiger partial charge < -0.3 is 20.1 Å². The van der Waals surface area contributed by atoms with Gasteiger partial charge in [0.2, 0.25) is 5.91 Å². The van der Waals surface area contributed by atoms with Crippen molar-refractivity contribution in [1.82, 2.24) is 5.01 Å². The first-order valence-corrected chi connectivity index (χ1v) is 11.7. The monoisotopic (exact) mass is 486 g/mol. The second-order valence-electron chi connectivity index (χ2n) is 8.48. The average Bonchev–Trinajstić information content (AvgIpc) is 3.37. The zero-order valence-electron chi connectivity index (χ0n) is 20.5. The summed E-state index contributed by atoms with van der Waals surface area (Å²) in [7, 11) is 3.22. The second kappa shape index (κ2) is 11.4. The first kappa shape index (κ1) is 24.8. The van der Waals surface area contributed by atoms with E-state index in [9.17, 15) is 9.59 Å². The molecule has 4 rings (SSSR count). The van der Waals surface area contributed by atoms with Crippen molar-refractivity contribution < 1.29 is 19.1 Å². The first-order chi connectivity index (χ1) is 17.5. The van der Waals surface area contributed by atoms with Crippen molar-refractivity contribution in [3.05, 3.63) is 90.0 Å². The minimum absolute atomic E-state index is 0.0395. The van der Waals surface area contributed by atoms with Crippen LogP contribution in [0.15, 0.2) is 84.0 Å². The van der Waals surface area contributed by atoms with Crippen molar-refractivity contribution in [2.45, 2.75) is 18.9 Å². The number of nitrogens with zero attached hydrogens (tertiary/aromatic N) is 3. The van der Waals surface area contributed by atoms with Gasteiger partial charge in [0.25, 0.3) is 5.91 Å². The molecule has 8 nitrogen and oxygen atoms in total. The zero-order chi connectivity index (χ0) is 25.5. The van der Waals surface area contributed by atoms with Crippen LogP contribution in [0.25, 0.3) is 0 Å². The van der Waals surface area contributed by atoms with Gasteiger partial charge in [0.05, 0.1) is 32.5 Å². The zero-order valence-corrected chi connectivity index (χ0v) is 20.5. The molecule has 0 spiro atoms. The number of hydrogen-bond donors (Lipinski definition) is 1. The van der Waals surface area contributed by atoms with Crippen LogP contribution in [-0.2, 0) is 9.59 Å². The van der Waals surface area contributed by atoms with Crippen LogP contribution < -0.4 is 20.1 Å². The number of ether oxygens (including phenoxy) is 2. The van der Waals surface area contributed by atoms with Crippen LogP contribution in [0.2, 0.25) is 0 Å². The van der Waals surface area contributed by atoms with Crippen molar-refractivity contribution in [2.75, 3.05) is 32.2 Å².